The Balaban J connectivity index is 2.20. The highest BCUT2D eigenvalue weighted by molar-refractivity contribution is 7.92. The number of ether oxygens (including phenoxy) is 1. The Kier molecular flexibility index (Phi) is 7.39. The maximum atomic E-state index is 13.1. The van der Waals surface area contributed by atoms with Crippen molar-refractivity contribution < 1.29 is 36.2 Å². The van der Waals surface area contributed by atoms with Gasteiger partial charge in [0.25, 0.3) is 5.91 Å². The van der Waals surface area contributed by atoms with Gasteiger partial charge >= 0.3 is 6.18 Å². The lowest BCUT2D eigenvalue weighted by Gasteiger charge is -2.22. The number of nitrogens with one attached hydrogen (secondary N) is 1. The number of hydrazone groups is 1. The second-order valence-electron chi connectivity index (χ2n) is 6.16. The summed E-state index contributed by atoms with van der Waals surface area (Å²) in [6, 6.07) is 6.74. The maximum Gasteiger partial charge on any atom is 0.417 e. The fraction of sp³-hybridized carbons (Fsp3) is 0.222. The van der Waals surface area contributed by atoms with Crippen LogP contribution in [0.4, 0.5) is 18.9 Å². The standard InChI is InChI=1S/C18H17ClF3N3O5S/c1-30-16-7-11(3-6-15(16)26)9-23-24-17(27)10-25(31(2,28)29)12-4-5-14(19)13(8-12)18(20,21)22/h3-9,26H,10H2,1-2H3,(H,24,27)/b23-9-. The summed E-state index contributed by atoms with van der Waals surface area (Å²) in [6.45, 7) is -0.825. The zero-order valence-electron chi connectivity index (χ0n) is 16.1. The van der Waals surface area contributed by atoms with Crippen molar-refractivity contribution in [1.82, 2.24) is 5.43 Å². The number of hydrogen-bond donors (Lipinski definition) is 2. The molecule has 0 aliphatic rings. The average Bonchev–Trinajstić information content (AvgIpc) is 2.66. The van der Waals surface area contributed by atoms with Gasteiger partial charge in [0.15, 0.2) is 11.5 Å². The molecule has 13 heteroatoms. The van der Waals surface area contributed by atoms with Crippen LogP contribution in [0.1, 0.15) is 11.1 Å². The molecule has 0 aliphatic carbocycles. The van der Waals surface area contributed by atoms with E-state index < -0.39 is 39.2 Å². The monoisotopic (exact) mass is 479 g/mol. The molecule has 168 valence electrons. The zero-order chi connectivity index (χ0) is 23.4. The smallest absolute Gasteiger partial charge is 0.417 e. The number of alkyl halides is 3. The number of phenols is 1. The lowest BCUT2D eigenvalue weighted by Crippen LogP contribution is -2.39. The molecule has 8 nitrogen and oxygen atoms in total. The van der Waals surface area contributed by atoms with E-state index in [2.05, 4.69) is 10.5 Å². The van der Waals surface area contributed by atoms with Crippen molar-refractivity contribution in [1.29, 1.82) is 0 Å². The minimum atomic E-state index is -4.81. The van der Waals surface area contributed by atoms with Crippen LogP contribution in [0.2, 0.25) is 5.02 Å². The summed E-state index contributed by atoms with van der Waals surface area (Å²) in [5, 5.41) is 12.6. The molecule has 0 fully saturated rings. The molecule has 0 atom stereocenters. The lowest BCUT2D eigenvalue weighted by molar-refractivity contribution is -0.137. The molecule has 0 saturated heterocycles. The van der Waals surface area contributed by atoms with Crippen LogP contribution in [0.25, 0.3) is 0 Å². The lowest BCUT2D eigenvalue weighted by atomic mass is 10.2. The number of sulfonamides is 1. The molecule has 0 aliphatic heterocycles. The number of benzene rings is 2. The van der Waals surface area contributed by atoms with Crippen molar-refractivity contribution in [3.8, 4) is 11.5 Å². The topological polar surface area (TPSA) is 108 Å². The Morgan fingerprint density at radius 1 is 1.29 bits per heavy atom. The summed E-state index contributed by atoms with van der Waals surface area (Å²) >= 11 is 5.55. The summed E-state index contributed by atoms with van der Waals surface area (Å²) in [5.74, 6) is -0.841. The van der Waals surface area contributed by atoms with Gasteiger partial charge in [0.2, 0.25) is 10.0 Å². The minimum Gasteiger partial charge on any atom is -0.504 e. The highest BCUT2D eigenvalue weighted by atomic mass is 35.5. The highest BCUT2D eigenvalue weighted by Gasteiger charge is 2.34. The van der Waals surface area contributed by atoms with Crippen LogP contribution in [0, 0.1) is 0 Å². The van der Waals surface area contributed by atoms with E-state index in [1.807, 2.05) is 0 Å². The molecular weight excluding hydrogens is 463 g/mol. The van der Waals surface area contributed by atoms with Gasteiger partial charge in [-0.3, -0.25) is 9.10 Å². The number of carbonyl (C=O) groups is 1. The number of amides is 1. The van der Waals surface area contributed by atoms with Crippen LogP contribution >= 0.6 is 11.6 Å². The Morgan fingerprint density at radius 3 is 2.55 bits per heavy atom. The van der Waals surface area contributed by atoms with Crippen LogP contribution in [0.3, 0.4) is 0 Å². The van der Waals surface area contributed by atoms with Crippen molar-refractivity contribution in [3.63, 3.8) is 0 Å². The number of anilines is 1. The molecule has 0 bridgehead atoms. The van der Waals surface area contributed by atoms with Crippen molar-refractivity contribution in [3.05, 3.63) is 52.5 Å². The fourth-order valence-corrected chi connectivity index (χ4v) is 3.48. The van der Waals surface area contributed by atoms with Gasteiger partial charge in [0.1, 0.15) is 6.54 Å². The normalized spacial score (nSPS) is 12.1. The average molecular weight is 480 g/mol. The summed E-state index contributed by atoms with van der Waals surface area (Å²) in [4.78, 5) is 12.1. The molecule has 0 aromatic heterocycles. The van der Waals surface area contributed by atoms with Gasteiger partial charge in [0.05, 0.1) is 35.9 Å². The van der Waals surface area contributed by atoms with Gasteiger partial charge in [-0.2, -0.15) is 18.3 Å². The van der Waals surface area contributed by atoms with E-state index in [4.69, 9.17) is 16.3 Å². The van der Waals surface area contributed by atoms with Crippen LogP contribution in [0.15, 0.2) is 41.5 Å². The SMILES string of the molecule is COc1cc(/C=N\NC(=O)CN(c2ccc(Cl)c(C(F)(F)F)c2)S(C)(=O)=O)ccc1O. The van der Waals surface area contributed by atoms with E-state index in [1.165, 1.54) is 31.5 Å². The maximum absolute atomic E-state index is 13.1. The van der Waals surface area contributed by atoms with E-state index in [-0.39, 0.29) is 17.2 Å². The Hall–Kier alpha value is -2.99. The second-order valence-corrected chi connectivity index (χ2v) is 8.47. The molecule has 2 N–H and O–H groups in total. The summed E-state index contributed by atoms with van der Waals surface area (Å²) < 4.78 is 68.8. The van der Waals surface area contributed by atoms with Gasteiger partial charge in [-0.1, -0.05) is 11.6 Å². The van der Waals surface area contributed by atoms with Crippen LogP contribution in [0.5, 0.6) is 11.5 Å². The molecule has 2 aromatic rings. The first-order valence-corrected chi connectivity index (χ1v) is 10.6. The van der Waals surface area contributed by atoms with Gasteiger partial charge in [-0.25, -0.2) is 13.8 Å². The molecule has 0 saturated carbocycles. The highest BCUT2D eigenvalue weighted by Crippen LogP contribution is 2.37. The summed E-state index contributed by atoms with van der Waals surface area (Å²) in [7, 11) is -2.77. The number of rotatable bonds is 7. The molecule has 0 heterocycles. The molecule has 0 radical (unpaired) electrons. The van der Waals surface area contributed by atoms with Gasteiger partial charge < -0.3 is 9.84 Å². The molecule has 0 unspecified atom stereocenters. The number of hydrogen-bond acceptors (Lipinski definition) is 6. The minimum absolute atomic E-state index is 0.103. The third-order valence-corrected chi connectivity index (χ3v) is 5.31. The molecule has 2 rings (SSSR count). The van der Waals surface area contributed by atoms with Crippen molar-refractivity contribution in [2.45, 2.75) is 6.18 Å². The third-order valence-electron chi connectivity index (χ3n) is 3.84. The Morgan fingerprint density at radius 2 is 1.97 bits per heavy atom. The van der Waals surface area contributed by atoms with E-state index in [9.17, 15) is 31.5 Å². The first-order valence-electron chi connectivity index (χ1n) is 8.36. The quantitative estimate of drug-likeness (QED) is 0.469. The van der Waals surface area contributed by atoms with Crippen molar-refractivity contribution in [2.24, 2.45) is 5.10 Å². The molecule has 2 aromatic carbocycles. The number of phenolic OH excluding ortho intramolecular Hbond substituents is 1. The van der Waals surface area contributed by atoms with E-state index in [0.29, 0.717) is 15.9 Å². The first kappa shape index (κ1) is 24.3. The number of aromatic hydroxyl groups is 1. The largest absolute Gasteiger partial charge is 0.504 e. The molecular formula is C18H17ClF3N3O5S. The fourth-order valence-electron chi connectivity index (χ4n) is 2.40. The molecule has 0 spiro atoms. The predicted molar refractivity (Wildman–Crippen MR) is 109 cm³/mol. The third kappa shape index (κ3) is 6.49. The number of methoxy groups -OCH3 is 1. The molecule has 31 heavy (non-hydrogen) atoms. The Bertz CT molecular complexity index is 1110. The van der Waals surface area contributed by atoms with E-state index >= 15 is 0 Å². The van der Waals surface area contributed by atoms with Crippen LogP contribution in [-0.4, -0.2) is 45.6 Å². The number of carbonyl (C=O) groups excluding carboxylic acids is 1. The van der Waals surface area contributed by atoms with Gasteiger partial charge in [-0.05, 0) is 42.0 Å². The van der Waals surface area contributed by atoms with Gasteiger partial charge in [0, 0.05) is 0 Å². The van der Waals surface area contributed by atoms with E-state index in [1.54, 1.807) is 0 Å². The number of halogens is 4. The Labute approximate surface area is 180 Å². The van der Waals surface area contributed by atoms with Crippen LogP contribution in [-0.2, 0) is 21.0 Å². The summed E-state index contributed by atoms with van der Waals surface area (Å²) in [5.41, 5.74) is 0.908. The zero-order valence-corrected chi connectivity index (χ0v) is 17.7. The van der Waals surface area contributed by atoms with E-state index in [0.717, 1.165) is 18.4 Å². The predicted octanol–water partition coefficient (Wildman–Crippen LogP) is 2.99. The van der Waals surface area contributed by atoms with Gasteiger partial charge in [-0.15, -0.1) is 0 Å². The summed E-state index contributed by atoms with van der Waals surface area (Å²) in [6.07, 6.45) is -2.86. The first-order chi connectivity index (χ1) is 14.3. The van der Waals surface area contributed by atoms with Crippen molar-refractivity contribution >= 4 is 39.4 Å². The second kappa shape index (κ2) is 9.43. The number of nitrogens with zero attached hydrogens (tertiary/aromatic N) is 2. The van der Waals surface area contributed by atoms with Crippen LogP contribution < -0.4 is 14.5 Å². The molecule has 1 amide bonds. The van der Waals surface area contributed by atoms with Crippen molar-refractivity contribution in [2.75, 3.05) is 24.2 Å².